The van der Waals surface area contributed by atoms with Crippen LogP contribution in [0.4, 0.5) is 0 Å². The molecule has 0 heterocycles. The largest absolute Gasteiger partial charge is 0.0622 e. The van der Waals surface area contributed by atoms with Crippen molar-refractivity contribution in [3.63, 3.8) is 0 Å². The van der Waals surface area contributed by atoms with Gasteiger partial charge >= 0.3 is 0 Å². The van der Waals surface area contributed by atoms with Crippen LogP contribution >= 0.6 is 0 Å². The summed E-state index contributed by atoms with van der Waals surface area (Å²) in [6, 6.07) is 60.0. The van der Waals surface area contributed by atoms with E-state index in [1.807, 2.05) is 0 Å². The zero-order chi connectivity index (χ0) is 34.0. The summed E-state index contributed by atoms with van der Waals surface area (Å²) in [4.78, 5) is 0. The van der Waals surface area contributed by atoms with Crippen molar-refractivity contribution in [1.82, 2.24) is 0 Å². The predicted molar refractivity (Wildman–Crippen MR) is 219 cm³/mol. The smallest absolute Gasteiger partial charge is 0.0278 e. The van der Waals surface area contributed by atoms with Gasteiger partial charge in [-0.25, -0.2) is 0 Å². The van der Waals surface area contributed by atoms with Gasteiger partial charge in [0.2, 0.25) is 0 Å². The molecule has 0 unspecified atom stereocenters. The summed E-state index contributed by atoms with van der Waals surface area (Å²) < 4.78 is 0. The topological polar surface area (TPSA) is 0 Å². The molecule has 0 saturated heterocycles. The van der Waals surface area contributed by atoms with Gasteiger partial charge in [0.05, 0.1) is 0 Å². The summed E-state index contributed by atoms with van der Waals surface area (Å²) in [6.07, 6.45) is 7.09. The quantitative estimate of drug-likeness (QED) is 0.165. The van der Waals surface area contributed by atoms with Gasteiger partial charge < -0.3 is 0 Å². The molecule has 0 N–H and O–H groups in total. The molecule has 0 nitrogen and oxygen atoms in total. The van der Waals surface area contributed by atoms with Crippen molar-refractivity contribution in [3.8, 4) is 44.5 Å². The van der Waals surface area contributed by atoms with E-state index < -0.39 is 0 Å². The van der Waals surface area contributed by atoms with Crippen LogP contribution in [0.25, 0.3) is 76.8 Å². The van der Waals surface area contributed by atoms with Crippen LogP contribution in [0.15, 0.2) is 158 Å². The second-order valence-corrected chi connectivity index (χ2v) is 16.4. The van der Waals surface area contributed by atoms with Crippen molar-refractivity contribution in [3.05, 3.63) is 169 Å². The Morgan fingerprint density at radius 3 is 1.52 bits per heavy atom. The highest BCUT2D eigenvalue weighted by Gasteiger charge is 2.61. The van der Waals surface area contributed by atoms with Crippen molar-refractivity contribution in [2.75, 3.05) is 0 Å². The summed E-state index contributed by atoms with van der Waals surface area (Å²) in [5.74, 6) is 3.35. The Kier molecular flexibility index (Phi) is 6.04. The highest BCUT2D eigenvalue weighted by atomic mass is 14.6. The summed E-state index contributed by atoms with van der Waals surface area (Å²) in [7, 11) is 0. The molecule has 0 atom stereocenters. The van der Waals surface area contributed by atoms with E-state index in [0.717, 1.165) is 23.7 Å². The Morgan fingerprint density at radius 1 is 0.327 bits per heavy atom. The van der Waals surface area contributed by atoms with Crippen molar-refractivity contribution >= 4 is 32.3 Å². The number of hydrogen-bond acceptors (Lipinski definition) is 0. The van der Waals surface area contributed by atoms with E-state index in [1.54, 1.807) is 11.1 Å². The number of fused-ring (bicyclic) bond motifs is 7. The molecule has 5 aliphatic rings. The Labute approximate surface area is 305 Å². The standard InChI is InChI=1S/C52H40/c1-2-11-34(12-3-1)35-21-23-36(24-22-35)49-42-14-4-6-16-44(42)50(45-17-7-5-15-43(45)49)41-18-10-19-46-39(41)25-26-47-40-13-8-9-20-48(40)52(51(46)47)37-28-32-27-33(30-37)31-38(52)29-32/h1-26,32-33,37-38H,27-31H2. The molecule has 0 amide bonds. The van der Waals surface area contributed by atoms with Crippen molar-refractivity contribution in [1.29, 1.82) is 0 Å². The molecule has 13 rings (SSSR count). The van der Waals surface area contributed by atoms with Gasteiger partial charge in [0.15, 0.2) is 0 Å². The van der Waals surface area contributed by atoms with Gasteiger partial charge in [-0.3, -0.25) is 0 Å². The van der Waals surface area contributed by atoms with Gasteiger partial charge in [0, 0.05) is 5.41 Å². The van der Waals surface area contributed by atoms with Crippen molar-refractivity contribution in [2.45, 2.75) is 37.5 Å². The number of benzene rings is 8. The predicted octanol–water partition coefficient (Wildman–Crippen LogP) is 13.9. The molecule has 0 aliphatic heterocycles. The van der Waals surface area contributed by atoms with Crippen molar-refractivity contribution < 1.29 is 0 Å². The van der Waals surface area contributed by atoms with Crippen LogP contribution in [-0.4, -0.2) is 0 Å². The number of hydrogen-bond donors (Lipinski definition) is 0. The maximum absolute atomic E-state index is 2.51. The third-order valence-corrected chi connectivity index (χ3v) is 14.0. The molecule has 5 aliphatic carbocycles. The zero-order valence-electron chi connectivity index (χ0n) is 29.4. The van der Waals surface area contributed by atoms with E-state index in [2.05, 4.69) is 158 Å². The maximum atomic E-state index is 2.51. The van der Waals surface area contributed by atoms with Crippen LogP contribution in [0.3, 0.4) is 0 Å². The van der Waals surface area contributed by atoms with E-state index in [1.165, 1.54) is 109 Å². The summed E-state index contributed by atoms with van der Waals surface area (Å²) in [5.41, 5.74) is 14.2. The molecule has 0 radical (unpaired) electrons. The molecule has 4 bridgehead atoms. The van der Waals surface area contributed by atoms with Crippen LogP contribution in [-0.2, 0) is 5.41 Å². The molecular formula is C52H40. The van der Waals surface area contributed by atoms with Gasteiger partial charge in [-0.1, -0.05) is 158 Å². The Balaban J connectivity index is 1.11. The second kappa shape index (κ2) is 10.8. The summed E-state index contributed by atoms with van der Waals surface area (Å²) >= 11 is 0. The summed E-state index contributed by atoms with van der Waals surface area (Å²) in [5, 5.41) is 8.15. The Morgan fingerprint density at radius 2 is 0.846 bits per heavy atom. The average Bonchev–Trinajstić information content (AvgIpc) is 3.50. The maximum Gasteiger partial charge on any atom is 0.0278 e. The molecular weight excluding hydrogens is 625 g/mol. The van der Waals surface area contributed by atoms with Crippen LogP contribution in [0.1, 0.15) is 43.2 Å². The van der Waals surface area contributed by atoms with Gasteiger partial charge in [0.25, 0.3) is 0 Å². The first kappa shape index (κ1) is 29.2. The molecule has 4 saturated carbocycles. The molecule has 8 aromatic rings. The fourth-order valence-corrected chi connectivity index (χ4v) is 12.4. The molecule has 4 fully saturated rings. The monoisotopic (exact) mass is 664 g/mol. The first-order valence-corrected chi connectivity index (χ1v) is 19.5. The average molecular weight is 665 g/mol. The van der Waals surface area contributed by atoms with Gasteiger partial charge in [-0.05, 0) is 144 Å². The molecule has 52 heavy (non-hydrogen) atoms. The highest BCUT2D eigenvalue weighted by Crippen LogP contribution is 2.70. The normalized spacial score (nSPS) is 23.8. The lowest BCUT2D eigenvalue weighted by Crippen LogP contribution is -2.55. The van der Waals surface area contributed by atoms with E-state index in [4.69, 9.17) is 0 Å². The third kappa shape index (κ3) is 3.83. The van der Waals surface area contributed by atoms with Crippen LogP contribution in [0.5, 0.6) is 0 Å². The van der Waals surface area contributed by atoms with Gasteiger partial charge in [-0.15, -0.1) is 0 Å². The molecule has 8 aromatic carbocycles. The van der Waals surface area contributed by atoms with E-state index in [9.17, 15) is 0 Å². The SMILES string of the molecule is c1ccc(-c2ccc(-c3c4ccccc4c(-c4cccc5c6c(ccc45)-c4ccccc4C64C5CC6CC(C5)CC4C6)c4ccccc34)cc2)cc1. The van der Waals surface area contributed by atoms with E-state index in [-0.39, 0.29) is 5.41 Å². The van der Waals surface area contributed by atoms with Gasteiger partial charge in [-0.2, -0.15) is 0 Å². The highest BCUT2D eigenvalue weighted by molar-refractivity contribution is 6.24. The Hall–Kier alpha value is -5.46. The van der Waals surface area contributed by atoms with E-state index in [0.29, 0.717) is 0 Å². The molecule has 0 aromatic heterocycles. The fourth-order valence-electron chi connectivity index (χ4n) is 12.4. The van der Waals surface area contributed by atoms with E-state index >= 15 is 0 Å². The molecule has 1 spiro atoms. The minimum absolute atomic E-state index is 0.136. The fraction of sp³-hybridized carbons (Fsp3) is 0.192. The summed E-state index contributed by atoms with van der Waals surface area (Å²) in [6.45, 7) is 0. The Bertz CT molecular complexity index is 2650. The van der Waals surface area contributed by atoms with Gasteiger partial charge in [0.1, 0.15) is 0 Å². The molecule has 0 heteroatoms. The second-order valence-electron chi connectivity index (χ2n) is 16.4. The zero-order valence-corrected chi connectivity index (χ0v) is 29.4. The van der Waals surface area contributed by atoms with Crippen LogP contribution in [0.2, 0.25) is 0 Å². The first-order valence-electron chi connectivity index (χ1n) is 19.5. The van der Waals surface area contributed by atoms with Crippen molar-refractivity contribution in [2.24, 2.45) is 23.7 Å². The lowest BCUT2D eigenvalue weighted by molar-refractivity contribution is -0.0393. The minimum atomic E-state index is 0.136. The third-order valence-electron chi connectivity index (χ3n) is 14.0. The molecule has 248 valence electrons. The first-order chi connectivity index (χ1) is 25.8. The number of rotatable bonds is 3. The van der Waals surface area contributed by atoms with Crippen LogP contribution in [0, 0.1) is 23.7 Å². The lowest BCUT2D eigenvalue weighted by Gasteiger charge is -2.61. The lowest BCUT2D eigenvalue weighted by atomic mass is 9.43. The van der Waals surface area contributed by atoms with Crippen LogP contribution < -0.4 is 0 Å². The minimum Gasteiger partial charge on any atom is -0.0622 e.